The quantitative estimate of drug-likeness (QED) is 0.254. The predicted molar refractivity (Wildman–Crippen MR) is 126 cm³/mol. The van der Waals surface area contributed by atoms with Crippen LogP contribution in [0.2, 0.25) is 0 Å². The number of aromatic hydroxyl groups is 2. The number of ether oxygens (including phenoxy) is 1. The molecule has 2 aromatic rings. The summed E-state index contributed by atoms with van der Waals surface area (Å²) in [4.78, 5) is 0. The van der Waals surface area contributed by atoms with Crippen molar-refractivity contribution >= 4 is 0 Å². The Morgan fingerprint density at radius 3 is 2.71 bits per heavy atom. The van der Waals surface area contributed by atoms with Crippen LogP contribution in [0, 0.1) is 0 Å². The van der Waals surface area contributed by atoms with E-state index in [1.807, 2.05) is 18.2 Å². The van der Waals surface area contributed by atoms with E-state index in [-0.39, 0.29) is 11.5 Å². The summed E-state index contributed by atoms with van der Waals surface area (Å²) in [5, 5.41) is 22.4. The zero-order valence-electron chi connectivity index (χ0n) is 19.1. The van der Waals surface area contributed by atoms with Crippen molar-refractivity contribution in [1.82, 2.24) is 10.4 Å². The van der Waals surface area contributed by atoms with E-state index >= 15 is 0 Å². The Balaban J connectivity index is 1.58. The number of rotatable bonds is 12. The molecule has 0 radical (unpaired) electrons. The molecule has 3 N–H and O–H groups in total. The van der Waals surface area contributed by atoms with Gasteiger partial charge in [0.15, 0.2) is 11.5 Å². The first-order valence-electron chi connectivity index (χ1n) is 11.8. The number of phenols is 2. The van der Waals surface area contributed by atoms with Crippen LogP contribution in [-0.2, 0) is 19.3 Å². The molecule has 0 aromatic heterocycles. The normalized spacial score (nSPS) is 15.8. The molecule has 5 nitrogen and oxygen atoms in total. The number of nitrogens with zero attached hydrogens (tertiary/aromatic N) is 1. The summed E-state index contributed by atoms with van der Waals surface area (Å²) in [5.41, 5.74) is 7.03. The third kappa shape index (κ3) is 6.37. The molecular weight excluding hydrogens is 388 g/mol. The molecule has 5 heteroatoms. The second kappa shape index (κ2) is 12.0. The van der Waals surface area contributed by atoms with Crippen molar-refractivity contribution in [3.63, 3.8) is 0 Å². The average Bonchev–Trinajstić information content (AvgIpc) is 2.80. The fourth-order valence-corrected chi connectivity index (χ4v) is 4.58. The highest BCUT2D eigenvalue weighted by Gasteiger charge is 2.26. The van der Waals surface area contributed by atoms with Crippen LogP contribution in [0.15, 0.2) is 36.4 Å². The monoisotopic (exact) mass is 426 g/mol. The van der Waals surface area contributed by atoms with Gasteiger partial charge in [0.25, 0.3) is 0 Å². The van der Waals surface area contributed by atoms with Crippen molar-refractivity contribution < 1.29 is 14.9 Å². The molecule has 0 aliphatic heterocycles. The summed E-state index contributed by atoms with van der Waals surface area (Å²) < 4.78 is 5.48. The number of unbranched alkanes of at least 4 members (excludes halogenated alkanes) is 3. The third-order valence-corrected chi connectivity index (χ3v) is 6.37. The maximum atomic E-state index is 10.2. The number of benzene rings is 2. The number of phenolic OH excluding ortho intramolecular Hbond substituents is 2. The van der Waals surface area contributed by atoms with Gasteiger partial charge >= 0.3 is 0 Å². The summed E-state index contributed by atoms with van der Waals surface area (Å²) in [7, 11) is 1.73. The van der Waals surface area contributed by atoms with Crippen LogP contribution in [-0.4, -0.2) is 41.5 Å². The Bertz CT molecular complexity index is 824. The first-order valence-corrected chi connectivity index (χ1v) is 11.8. The number of fused-ring (bicyclic) bond motifs is 1. The number of aryl methyl sites for hydroxylation is 1. The zero-order chi connectivity index (χ0) is 22.1. The van der Waals surface area contributed by atoms with Gasteiger partial charge < -0.3 is 14.9 Å². The van der Waals surface area contributed by atoms with Gasteiger partial charge in [-0.3, -0.25) is 5.43 Å². The third-order valence-electron chi connectivity index (χ3n) is 6.37. The highest BCUT2D eigenvalue weighted by atomic mass is 16.5. The van der Waals surface area contributed by atoms with Gasteiger partial charge in [-0.15, -0.1) is 0 Å². The topological polar surface area (TPSA) is 65.0 Å². The van der Waals surface area contributed by atoms with Gasteiger partial charge in [0.2, 0.25) is 0 Å². The summed E-state index contributed by atoms with van der Waals surface area (Å²) in [6.45, 7) is 4.21. The highest BCUT2D eigenvalue weighted by molar-refractivity contribution is 5.50. The Kier molecular flexibility index (Phi) is 9.04. The molecule has 170 valence electrons. The van der Waals surface area contributed by atoms with Gasteiger partial charge in [-0.2, -0.15) is 0 Å². The Morgan fingerprint density at radius 2 is 1.90 bits per heavy atom. The molecule has 31 heavy (non-hydrogen) atoms. The van der Waals surface area contributed by atoms with E-state index in [0.29, 0.717) is 6.04 Å². The SMILES string of the molecule is CCCCCCN(NCCCc1ccccc1OC)C1CCc2c(ccc(O)c2O)C1. The van der Waals surface area contributed by atoms with Crippen molar-refractivity contribution in [1.29, 1.82) is 0 Å². The van der Waals surface area contributed by atoms with Gasteiger partial charge in [-0.25, -0.2) is 5.01 Å². The number of para-hydroxylation sites is 1. The van der Waals surface area contributed by atoms with Gasteiger partial charge in [-0.05, 0) is 61.8 Å². The lowest BCUT2D eigenvalue weighted by atomic mass is 9.87. The zero-order valence-corrected chi connectivity index (χ0v) is 19.1. The van der Waals surface area contributed by atoms with E-state index in [0.717, 1.165) is 62.1 Å². The van der Waals surface area contributed by atoms with Crippen LogP contribution in [0.25, 0.3) is 0 Å². The molecule has 1 atom stereocenters. The van der Waals surface area contributed by atoms with Crippen molar-refractivity contribution in [3.8, 4) is 17.2 Å². The van der Waals surface area contributed by atoms with Crippen LogP contribution in [0.1, 0.15) is 62.1 Å². The fraction of sp³-hybridized carbons (Fsp3) is 0.538. The summed E-state index contributed by atoms with van der Waals surface area (Å²) >= 11 is 0. The van der Waals surface area contributed by atoms with Gasteiger partial charge in [0.1, 0.15) is 5.75 Å². The van der Waals surface area contributed by atoms with E-state index in [2.05, 4.69) is 29.5 Å². The highest BCUT2D eigenvalue weighted by Crippen LogP contribution is 2.36. The van der Waals surface area contributed by atoms with E-state index in [1.165, 1.54) is 31.2 Å². The van der Waals surface area contributed by atoms with Crippen LogP contribution >= 0.6 is 0 Å². The fourth-order valence-electron chi connectivity index (χ4n) is 4.58. The lowest BCUT2D eigenvalue weighted by molar-refractivity contribution is 0.108. The largest absolute Gasteiger partial charge is 0.504 e. The minimum absolute atomic E-state index is 0.0110. The van der Waals surface area contributed by atoms with E-state index in [1.54, 1.807) is 13.2 Å². The lowest BCUT2D eigenvalue weighted by Gasteiger charge is -2.36. The molecule has 3 rings (SSSR count). The molecule has 0 heterocycles. The molecule has 0 saturated carbocycles. The molecule has 1 aliphatic rings. The average molecular weight is 427 g/mol. The molecule has 1 unspecified atom stereocenters. The number of methoxy groups -OCH3 is 1. The van der Waals surface area contributed by atoms with Crippen molar-refractivity contribution in [2.24, 2.45) is 0 Å². The first-order chi connectivity index (χ1) is 15.1. The van der Waals surface area contributed by atoms with Gasteiger partial charge in [0, 0.05) is 24.7 Å². The van der Waals surface area contributed by atoms with Gasteiger partial charge in [-0.1, -0.05) is 50.5 Å². The first kappa shape index (κ1) is 23.4. The van der Waals surface area contributed by atoms with E-state index in [9.17, 15) is 10.2 Å². The molecule has 0 saturated heterocycles. The number of hydrogen-bond acceptors (Lipinski definition) is 5. The molecule has 0 amide bonds. The Morgan fingerprint density at radius 1 is 1.06 bits per heavy atom. The maximum absolute atomic E-state index is 10.2. The van der Waals surface area contributed by atoms with Crippen LogP contribution in [0.3, 0.4) is 0 Å². The number of nitrogens with one attached hydrogen (secondary N) is 1. The van der Waals surface area contributed by atoms with Crippen LogP contribution in [0.4, 0.5) is 0 Å². The van der Waals surface area contributed by atoms with Crippen molar-refractivity contribution in [2.75, 3.05) is 20.2 Å². The summed E-state index contributed by atoms with van der Waals surface area (Å²) in [6.07, 6.45) is 9.69. The molecule has 2 aromatic carbocycles. The Labute approximate surface area is 187 Å². The standard InChI is InChI=1S/C26H38N2O3/c1-3-4-5-8-18-28(27-17-9-11-20-10-6-7-12-25(20)31-2)22-14-15-23-21(19-22)13-16-24(29)26(23)30/h6-7,10,12-13,16,22,27,29-30H,3-5,8-9,11,14-15,17-19H2,1-2H3. The van der Waals surface area contributed by atoms with Crippen molar-refractivity contribution in [2.45, 2.75) is 70.8 Å². The summed E-state index contributed by atoms with van der Waals surface area (Å²) in [5.74, 6) is 1.02. The minimum atomic E-state index is -0.0110. The number of hydrogen-bond donors (Lipinski definition) is 3. The second-order valence-corrected chi connectivity index (χ2v) is 8.55. The maximum Gasteiger partial charge on any atom is 0.160 e. The second-order valence-electron chi connectivity index (χ2n) is 8.55. The molecular formula is C26H38N2O3. The molecule has 0 spiro atoms. The predicted octanol–water partition coefficient (Wildman–Crippen LogP) is 4.98. The van der Waals surface area contributed by atoms with Crippen LogP contribution in [0.5, 0.6) is 17.2 Å². The van der Waals surface area contributed by atoms with Crippen molar-refractivity contribution in [3.05, 3.63) is 53.1 Å². The molecule has 1 aliphatic carbocycles. The number of hydrazine groups is 1. The Hall–Kier alpha value is -2.24. The van der Waals surface area contributed by atoms with E-state index in [4.69, 9.17) is 4.74 Å². The smallest absolute Gasteiger partial charge is 0.160 e. The van der Waals surface area contributed by atoms with Gasteiger partial charge in [0.05, 0.1) is 7.11 Å². The van der Waals surface area contributed by atoms with E-state index < -0.39 is 0 Å². The minimum Gasteiger partial charge on any atom is -0.504 e. The van der Waals surface area contributed by atoms with Crippen LogP contribution < -0.4 is 10.2 Å². The molecule has 0 fully saturated rings. The summed E-state index contributed by atoms with van der Waals surface area (Å²) in [6, 6.07) is 12.2. The lowest BCUT2D eigenvalue weighted by Crippen LogP contribution is -2.49. The molecule has 0 bridgehead atoms.